The number of aromatic amines is 2. The van der Waals surface area contributed by atoms with Crippen molar-refractivity contribution in [2.24, 2.45) is 0 Å². The Labute approximate surface area is 114 Å². The van der Waals surface area contributed by atoms with Crippen molar-refractivity contribution in [1.29, 1.82) is 5.26 Å². The molecule has 0 bridgehead atoms. The smallest absolute Gasteiger partial charge is 0.323 e. The molecular weight excluding hydrogens is 254 g/mol. The van der Waals surface area contributed by atoms with Gasteiger partial charge in [-0.3, -0.25) is 0 Å². The Balaban J connectivity index is 1.83. The van der Waals surface area contributed by atoms with Crippen LogP contribution in [0.5, 0.6) is 0 Å². The van der Waals surface area contributed by atoms with E-state index < -0.39 is 0 Å². The number of fused-ring (bicyclic) bond motifs is 1. The topological polar surface area (TPSA) is 97.4 Å². The predicted molar refractivity (Wildman–Crippen MR) is 75.2 cm³/mol. The first-order chi connectivity index (χ1) is 9.76. The van der Waals surface area contributed by atoms with Crippen molar-refractivity contribution in [2.45, 2.75) is 6.54 Å². The lowest BCUT2D eigenvalue weighted by Crippen LogP contribution is -2.03. The molecule has 6 nitrogen and oxygen atoms in total. The highest BCUT2D eigenvalue weighted by Crippen LogP contribution is 2.14. The molecule has 2 heterocycles. The summed E-state index contributed by atoms with van der Waals surface area (Å²) in [5.74, 6) is 0.553. The molecule has 6 heteroatoms. The summed E-state index contributed by atoms with van der Waals surface area (Å²) in [6, 6.07) is 11.2. The van der Waals surface area contributed by atoms with E-state index in [1.165, 1.54) is 0 Å². The lowest BCUT2D eigenvalue weighted by Gasteiger charge is -2.06. The average Bonchev–Trinajstić information content (AvgIpc) is 2.84. The van der Waals surface area contributed by atoms with E-state index in [-0.39, 0.29) is 5.69 Å². The molecule has 20 heavy (non-hydrogen) atoms. The lowest BCUT2D eigenvalue weighted by molar-refractivity contribution is 1.11. The zero-order valence-corrected chi connectivity index (χ0v) is 10.5. The molecule has 3 rings (SSSR count). The highest BCUT2D eigenvalue weighted by molar-refractivity contribution is 5.75. The molecule has 0 saturated carbocycles. The molecule has 0 unspecified atom stereocenters. The van der Waals surface area contributed by atoms with Gasteiger partial charge in [-0.2, -0.15) is 5.26 Å². The molecule has 0 amide bonds. The second-order valence-electron chi connectivity index (χ2n) is 4.32. The lowest BCUT2D eigenvalue weighted by atomic mass is 10.2. The second-order valence-corrected chi connectivity index (χ2v) is 4.32. The summed E-state index contributed by atoms with van der Waals surface area (Å²) >= 11 is 0. The number of pyridine rings is 1. The Morgan fingerprint density at radius 2 is 2.10 bits per heavy atom. The molecule has 0 spiro atoms. The number of aromatic nitrogens is 3. The first-order valence-corrected chi connectivity index (χ1v) is 6.06. The van der Waals surface area contributed by atoms with Crippen LogP contribution >= 0.6 is 0 Å². The van der Waals surface area contributed by atoms with Crippen molar-refractivity contribution in [3.05, 3.63) is 58.1 Å². The van der Waals surface area contributed by atoms with E-state index >= 15 is 0 Å². The third-order valence-corrected chi connectivity index (χ3v) is 2.97. The fourth-order valence-corrected chi connectivity index (χ4v) is 2.01. The van der Waals surface area contributed by atoms with Crippen molar-refractivity contribution in [1.82, 2.24) is 15.0 Å². The van der Waals surface area contributed by atoms with E-state index in [9.17, 15) is 4.79 Å². The Kier molecular flexibility index (Phi) is 2.94. The molecule has 0 fully saturated rings. The van der Waals surface area contributed by atoms with E-state index in [1.54, 1.807) is 18.3 Å². The molecule has 3 N–H and O–H groups in total. The van der Waals surface area contributed by atoms with Crippen LogP contribution in [0, 0.1) is 11.3 Å². The Bertz CT molecular complexity index is 856. The first-order valence-electron chi connectivity index (χ1n) is 6.06. The number of H-pyrrole nitrogens is 2. The summed E-state index contributed by atoms with van der Waals surface area (Å²) in [5, 5.41) is 12.1. The Hall–Kier alpha value is -3.07. The minimum absolute atomic E-state index is 0.221. The van der Waals surface area contributed by atoms with Crippen molar-refractivity contribution in [3.8, 4) is 6.07 Å². The van der Waals surface area contributed by atoms with Crippen molar-refractivity contribution < 1.29 is 0 Å². The van der Waals surface area contributed by atoms with Crippen LogP contribution in [0.4, 0.5) is 5.82 Å². The van der Waals surface area contributed by atoms with Gasteiger partial charge in [0.1, 0.15) is 11.9 Å². The average molecular weight is 265 g/mol. The summed E-state index contributed by atoms with van der Waals surface area (Å²) in [6.45, 7) is 0.523. The third-order valence-electron chi connectivity index (χ3n) is 2.97. The fraction of sp³-hybridized carbons (Fsp3) is 0.0714. The van der Waals surface area contributed by atoms with Crippen molar-refractivity contribution in [2.75, 3.05) is 5.32 Å². The van der Waals surface area contributed by atoms with Crippen LogP contribution in [0.3, 0.4) is 0 Å². The minimum Gasteiger partial charge on any atom is -0.365 e. The van der Waals surface area contributed by atoms with Crippen molar-refractivity contribution >= 4 is 16.9 Å². The molecule has 0 radical (unpaired) electrons. The van der Waals surface area contributed by atoms with E-state index in [1.807, 2.05) is 18.2 Å². The van der Waals surface area contributed by atoms with Gasteiger partial charge in [-0.1, -0.05) is 6.07 Å². The molecule has 2 aromatic heterocycles. The molecule has 0 saturated heterocycles. The minimum atomic E-state index is -0.221. The second kappa shape index (κ2) is 4.90. The zero-order chi connectivity index (χ0) is 13.9. The number of hydrogen-bond acceptors (Lipinski definition) is 4. The highest BCUT2D eigenvalue weighted by atomic mass is 16.1. The van der Waals surface area contributed by atoms with E-state index in [4.69, 9.17) is 5.26 Å². The molecular formula is C14H11N5O. The van der Waals surface area contributed by atoms with Gasteiger partial charge in [0.25, 0.3) is 0 Å². The van der Waals surface area contributed by atoms with E-state index in [2.05, 4.69) is 26.3 Å². The van der Waals surface area contributed by atoms with Gasteiger partial charge in [0.2, 0.25) is 0 Å². The maximum Gasteiger partial charge on any atom is 0.323 e. The fourth-order valence-electron chi connectivity index (χ4n) is 2.01. The van der Waals surface area contributed by atoms with Crippen LogP contribution in [0.15, 0.2) is 41.3 Å². The molecule has 0 aliphatic carbocycles. The highest BCUT2D eigenvalue weighted by Gasteiger charge is 2.03. The quantitative estimate of drug-likeness (QED) is 0.671. The molecule has 98 valence electrons. The molecule has 0 atom stereocenters. The van der Waals surface area contributed by atoms with E-state index in [0.717, 1.165) is 16.6 Å². The Morgan fingerprint density at radius 3 is 2.95 bits per heavy atom. The van der Waals surface area contributed by atoms with Crippen LogP contribution in [-0.4, -0.2) is 15.0 Å². The predicted octanol–water partition coefficient (Wildman–Crippen LogP) is 1.73. The standard InChI is InChI=1S/C14H11N5O/c15-7-10-2-1-5-16-13(10)17-8-9-3-4-11-12(6-9)19-14(20)18-11/h1-6H,8H2,(H,16,17)(H2,18,19,20). The number of imidazole rings is 1. The van der Waals surface area contributed by atoms with Crippen molar-refractivity contribution in [3.63, 3.8) is 0 Å². The summed E-state index contributed by atoms with van der Waals surface area (Å²) in [6.07, 6.45) is 1.63. The number of rotatable bonds is 3. The van der Waals surface area contributed by atoms with Gasteiger partial charge in [-0.15, -0.1) is 0 Å². The maximum absolute atomic E-state index is 11.2. The number of nitriles is 1. The number of nitrogens with zero attached hydrogens (tertiary/aromatic N) is 2. The molecule has 0 aliphatic heterocycles. The molecule has 1 aromatic carbocycles. The number of anilines is 1. The summed E-state index contributed by atoms with van der Waals surface area (Å²) < 4.78 is 0. The van der Waals surface area contributed by atoms with Crippen LogP contribution < -0.4 is 11.0 Å². The molecule has 3 aromatic rings. The van der Waals surface area contributed by atoms with Gasteiger partial charge in [-0.25, -0.2) is 9.78 Å². The van der Waals surface area contributed by atoms with Gasteiger partial charge in [0.05, 0.1) is 16.6 Å². The van der Waals surface area contributed by atoms with Gasteiger partial charge in [-0.05, 0) is 29.8 Å². The summed E-state index contributed by atoms with van der Waals surface area (Å²) in [5.41, 5.74) is 2.80. The Morgan fingerprint density at radius 1 is 1.25 bits per heavy atom. The van der Waals surface area contributed by atoms with E-state index in [0.29, 0.717) is 17.9 Å². The van der Waals surface area contributed by atoms with Gasteiger partial charge in [0.15, 0.2) is 0 Å². The summed E-state index contributed by atoms with van der Waals surface area (Å²) in [4.78, 5) is 20.7. The van der Waals surface area contributed by atoms with Crippen LogP contribution in [0.2, 0.25) is 0 Å². The van der Waals surface area contributed by atoms with Gasteiger partial charge in [0, 0.05) is 12.7 Å². The summed E-state index contributed by atoms with van der Waals surface area (Å²) in [7, 11) is 0. The van der Waals surface area contributed by atoms with Gasteiger partial charge < -0.3 is 15.3 Å². The monoisotopic (exact) mass is 265 g/mol. The van der Waals surface area contributed by atoms with Crippen LogP contribution in [0.1, 0.15) is 11.1 Å². The number of nitrogens with one attached hydrogen (secondary N) is 3. The molecule has 0 aliphatic rings. The zero-order valence-electron chi connectivity index (χ0n) is 10.5. The number of hydrogen-bond donors (Lipinski definition) is 3. The van der Waals surface area contributed by atoms with Crippen LogP contribution in [-0.2, 0) is 6.54 Å². The normalized spacial score (nSPS) is 10.3. The van der Waals surface area contributed by atoms with Crippen LogP contribution in [0.25, 0.3) is 11.0 Å². The maximum atomic E-state index is 11.2. The SMILES string of the molecule is N#Cc1cccnc1NCc1ccc2[nH]c(=O)[nH]c2c1. The number of benzene rings is 1. The third kappa shape index (κ3) is 2.24. The largest absolute Gasteiger partial charge is 0.365 e. The first kappa shape index (κ1) is 12.0. The van der Waals surface area contributed by atoms with Gasteiger partial charge >= 0.3 is 5.69 Å².